The van der Waals surface area contributed by atoms with Gasteiger partial charge in [0.2, 0.25) is 5.91 Å². The van der Waals surface area contributed by atoms with E-state index >= 15 is 0 Å². The summed E-state index contributed by atoms with van der Waals surface area (Å²) in [5.74, 6) is 0.253. The first-order valence-electron chi connectivity index (χ1n) is 6.23. The zero-order valence-electron chi connectivity index (χ0n) is 9.93. The minimum Gasteiger partial charge on any atom is -0.387 e. The van der Waals surface area contributed by atoms with Gasteiger partial charge in [-0.05, 0) is 30.7 Å². The molecule has 2 rings (SSSR count). The predicted molar refractivity (Wildman–Crippen MR) is 66.5 cm³/mol. The molecule has 3 heteroatoms. The Morgan fingerprint density at radius 1 is 1.29 bits per heavy atom. The smallest absolute Gasteiger partial charge is 0.245 e. The van der Waals surface area contributed by atoms with Gasteiger partial charge in [0, 0.05) is 6.04 Å². The molecule has 1 aliphatic carbocycles. The number of nitrogens with one attached hydrogen (secondary N) is 1. The summed E-state index contributed by atoms with van der Waals surface area (Å²) >= 11 is 0. The first-order chi connectivity index (χ1) is 8.29. The number of aliphatic hydroxyl groups is 1. The molecule has 0 unspecified atom stereocenters. The third-order valence-electron chi connectivity index (χ3n) is 3.49. The number of hydrogen-bond acceptors (Lipinski definition) is 2. The van der Waals surface area contributed by atoms with E-state index in [0.717, 1.165) is 25.7 Å². The van der Waals surface area contributed by atoms with E-state index in [1.807, 2.05) is 18.2 Å². The van der Waals surface area contributed by atoms with Crippen LogP contribution in [0.5, 0.6) is 0 Å². The zero-order valence-corrected chi connectivity index (χ0v) is 9.93. The Morgan fingerprint density at radius 2 is 2.06 bits per heavy atom. The Morgan fingerprint density at radius 3 is 2.76 bits per heavy atom. The van der Waals surface area contributed by atoms with E-state index in [4.69, 9.17) is 5.11 Å². The molecule has 92 valence electrons. The first kappa shape index (κ1) is 12.1. The second kappa shape index (κ2) is 5.82. The van der Waals surface area contributed by atoms with Crippen LogP contribution < -0.4 is 5.32 Å². The SMILES string of the molecule is O=C(CO)N[C@@H]1CCC[C@H]1Cc1ccccc1. The van der Waals surface area contributed by atoms with Gasteiger partial charge in [-0.15, -0.1) is 0 Å². The lowest BCUT2D eigenvalue weighted by atomic mass is 9.94. The maximum Gasteiger partial charge on any atom is 0.245 e. The number of aliphatic hydroxyl groups excluding tert-OH is 1. The van der Waals surface area contributed by atoms with Gasteiger partial charge in [-0.1, -0.05) is 36.8 Å². The summed E-state index contributed by atoms with van der Waals surface area (Å²) < 4.78 is 0. The molecule has 0 aliphatic heterocycles. The van der Waals surface area contributed by atoms with E-state index in [1.165, 1.54) is 5.56 Å². The van der Waals surface area contributed by atoms with Crippen molar-refractivity contribution in [3.05, 3.63) is 35.9 Å². The van der Waals surface area contributed by atoms with Crippen molar-refractivity contribution >= 4 is 5.91 Å². The number of benzene rings is 1. The average Bonchev–Trinajstić information content (AvgIpc) is 2.78. The summed E-state index contributed by atoms with van der Waals surface area (Å²) in [6.07, 6.45) is 4.36. The minimum absolute atomic E-state index is 0.231. The lowest BCUT2D eigenvalue weighted by Gasteiger charge is -2.20. The third kappa shape index (κ3) is 3.30. The van der Waals surface area contributed by atoms with Gasteiger partial charge in [0.05, 0.1) is 0 Å². The van der Waals surface area contributed by atoms with E-state index in [1.54, 1.807) is 0 Å². The Hall–Kier alpha value is -1.35. The van der Waals surface area contributed by atoms with E-state index in [-0.39, 0.29) is 11.9 Å². The lowest BCUT2D eigenvalue weighted by Crippen LogP contribution is -2.39. The molecule has 0 radical (unpaired) electrons. The quantitative estimate of drug-likeness (QED) is 0.828. The highest BCUT2D eigenvalue weighted by molar-refractivity contribution is 5.77. The van der Waals surface area contributed by atoms with Crippen molar-refractivity contribution in [2.24, 2.45) is 5.92 Å². The summed E-state index contributed by atoms with van der Waals surface area (Å²) in [4.78, 5) is 11.2. The van der Waals surface area contributed by atoms with Crippen LogP contribution in [0.2, 0.25) is 0 Å². The molecule has 1 fully saturated rings. The first-order valence-corrected chi connectivity index (χ1v) is 6.23. The van der Waals surface area contributed by atoms with E-state index in [2.05, 4.69) is 17.4 Å². The van der Waals surface area contributed by atoms with Crippen LogP contribution in [-0.2, 0) is 11.2 Å². The fourth-order valence-electron chi connectivity index (χ4n) is 2.64. The molecule has 2 N–H and O–H groups in total. The Bertz CT molecular complexity index is 364. The van der Waals surface area contributed by atoms with Crippen molar-refractivity contribution in [1.29, 1.82) is 0 Å². The van der Waals surface area contributed by atoms with E-state index in [9.17, 15) is 4.79 Å². The molecule has 1 aromatic carbocycles. The topological polar surface area (TPSA) is 49.3 Å². The minimum atomic E-state index is -0.408. The van der Waals surface area contributed by atoms with E-state index < -0.39 is 6.61 Å². The molecule has 1 amide bonds. The van der Waals surface area contributed by atoms with Gasteiger partial charge in [0.25, 0.3) is 0 Å². The van der Waals surface area contributed by atoms with Crippen LogP contribution in [0.1, 0.15) is 24.8 Å². The van der Waals surface area contributed by atoms with Gasteiger partial charge in [-0.25, -0.2) is 0 Å². The summed E-state index contributed by atoms with van der Waals surface area (Å²) in [6, 6.07) is 10.6. The van der Waals surface area contributed by atoms with Crippen LogP contribution in [-0.4, -0.2) is 23.7 Å². The Labute approximate surface area is 102 Å². The lowest BCUT2D eigenvalue weighted by molar-refractivity contribution is -0.124. The van der Waals surface area contributed by atoms with Gasteiger partial charge in [-0.2, -0.15) is 0 Å². The monoisotopic (exact) mass is 233 g/mol. The summed E-state index contributed by atoms with van der Waals surface area (Å²) in [5, 5.41) is 11.7. The molecule has 17 heavy (non-hydrogen) atoms. The molecular formula is C14H19NO2. The fraction of sp³-hybridized carbons (Fsp3) is 0.500. The number of hydrogen-bond donors (Lipinski definition) is 2. The molecule has 2 atom stereocenters. The van der Waals surface area contributed by atoms with Crippen LogP contribution in [0.25, 0.3) is 0 Å². The van der Waals surface area contributed by atoms with Crippen molar-refractivity contribution in [3.63, 3.8) is 0 Å². The third-order valence-corrected chi connectivity index (χ3v) is 3.49. The molecule has 0 aromatic heterocycles. The molecular weight excluding hydrogens is 214 g/mol. The van der Waals surface area contributed by atoms with Crippen LogP contribution in [0.3, 0.4) is 0 Å². The van der Waals surface area contributed by atoms with Gasteiger partial charge in [0.1, 0.15) is 6.61 Å². The fourth-order valence-corrected chi connectivity index (χ4v) is 2.64. The molecule has 0 spiro atoms. The normalized spacial score (nSPS) is 23.6. The Kier molecular flexibility index (Phi) is 4.15. The number of amides is 1. The highest BCUT2D eigenvalue weighted by Gasteiger charge is 2.28. The molecule has 1 saturated carbocycles. The largest absolute Gasteiger partial charge is 0.387 e. The maximum atomic E-state index is 11.2. The van der Waals surface area contributed by atoms with Crippen molar-refractivity contribution in [3.8, 4) is 0 Å². The van der Waals surface area contributed by atoms with Gasteiger partial charge in [0.15, 0.2) is 0 Å². The maximum absolute atomic E-state index is 11.2. The zero-order chi connectivity index (χ0) is 12.1. The van der Waals surface area contributed by atoms with Crippen LogP contribution in [0.15, 0.2) is 30.3 Å². The molecule has 1 aliphatic rings. The van der Waals surface area contributed by atoms with Gasteiger partial charge >= 0.3 is 0 Å². The van der Waals surface area contributed by atoms with Crippen LogP contribution in [0.4, 0.5) is 0 Å². The standard InChI is InChI=1S/C14H19NO2/c16-10-14(17)15-13-8-4-7-12(13)9-11-5-2-1-3-6-11/h1-3,5-6,12-13,16H,4,7-10H2,(H,15,17)/t12-,13+/m0/s1. The van der Waals surface area contributed by atoms with Crippen molar-refractivity contribution in [2.75, 3.05) is 6.61 Å². The average molecular weight is 233 g/mol. The molecule has 3 nitrogen and oxygen atoms in total. The number of carbonyl (C=O) groups is 1. The van der Waals surface area contributed by atoms with Crippen molar-refractivity contribution in [1.82, 2.24) is 5.32 Å². The van der Waals surface area contributed by atoms with Gasteiger partial charge in [-0.3, -0.25) is 4.79 Å². The van der Waals surface area contributed by atoms with E-state index in [0.29, 0.717) is 5.92 Å². The number of carbonyl (C=O) groups excluding carboxylic acids is 1. The highest BCUT2D eigenvalue weighted by atomic mass is 16.3. The molecule has 0 heterocycles. The molecule has 0 saturated heterocycles. The molecule has 0 bridgehead atoms. The van der Waals surface area contributed by atoms with Crippen molar-refractivity contribution in [2.45, 2.75) is 31.7 Å². The Balaban J connectivity index is 1.93. The van der Waals surface area contributed by atoms with Crippen LogP contribution in [0, 0.1) is 5.92 Å². The second-order valence-electron chi connectivity index (χ2n) is 4.71. The highest BCUT2D eigenvalue weighted by Crippen LogP contribution is 2.28. The van der Waals surface area contributed by atoms with Crippen molar-refractivity contribution < 1.29 is 9.90 Å². The van der Waals surface area contributed by atoms with Crippen LogP contribution >= 0.6 is 0 Å². The summed E-state index contributed by atoms with van der Waals surface area (Å²) in [6.45, 7) is -0.408. The summed E-state index contributed by atoms with van der Waals surface area (Å²) in [5.41, 5.74) is 1.32. The summed E-state index contributed by atoms with van der Waals surface area (Å²) in [7, 11) is 0. The van der Waals surface area contributed by atoms with Gasteiger partial charge < -0.3 is 10.4 Å². The second-order valence-corrected chi connectivity index (χ2v) is 4.71. The predicted octanol–water partition coefficient (Wildman–Crippen LogP) is 1.51. The molecule has 1 aromatic rings. The number of rotatable bonds is 4.